The average molecular weight is 539 g/mol. The number of nitrogens with one attached hydrogen (secondary N) is 2. The smallest absolute Gasteiger partial charge is 0.270 e. The molecule has 2 aliphatic rings. The summed E-state index contributed by atoms with van der Waals surface area (Å²) in [5, 5.41) is 12.4. The summed E-state index contributed by atoms with van der Waals surface area (Å²) in [7, 11) is 1.37. The fraction of sp³-hybridized carbons (Fsp3) is 0.357. The molecule has 8 nitrogen and oxygen atoms in total. The molecule has 202 valence electrons. The molecule has 2 N–H and O–H groups in total. The first-order chi connectivity index (χ1) is 18.9. The fourth-order valence-corrected chi connectivity index (χ4v) is 5.62. The quantitative estimate of drug-likeness (QED) is 0.477. The highest BCUT2D eigenvalue weighted by Crippen LogP contribution is 2.46. The number of aromatic nitrogens is 1. The van der Waals surface area contributed by atoms with Crippen molar-refractivity contribution in [1.29, 1.82) is 5.26 Å². The van der Waals surface area contributed by atoms with E-state index in [-0.39, 0.29) is 48.3 Å². The lowest BCUT2D eigenvalue weighted by Crippen LogP contribution is -2.52. The maximum Gasteiger partial charge on any atom is 0.270 e. The van der Waals surface area contributed by atoms with Gasteiger partial charge in [0.2, 0.25) is 11.8 Å². The van der Waals surface area contributed by atoms with Gasteiger partial charge in [-0.25, -0.2) is 13.2 Å². The van der Waals surface area contributed by atoms with Crippen LogP contribution in [0.5, 0.6) is 0 Å². The number of para-hydroxylation sites is 1. The van der Waals surface area contributed by atoms with E-state index in [0.29, 0.717) is 17.3 Å². The van der Waals surface area contributed by atoms with Crippen molar-refractivity contribution in [2.24, 2.45) is 5.92 Å². The van der Waals surface area contributed by atoms with E-state index in [4.69, 9.17) is 1.37 Å². The number of likely N-dealkylation sites (N-methyl/N-ethyl adjacent to an activating group) is 1. The van der Waals surface area contributed by atoms with Gasteiger partial charge < -0.3 is 20.1 Å². The Kier molecular flexibility index (Phi) is 6.05. The topological polar surface area (TPSA) is 109 Å². The highest BCUT2D eigenvalue weighted by atomic mass is 19.2. The molecule has 3 aromatic rings. The van der Waals surface area contributed by atoms with Crippen LogP contribution in [-0.4, -0.2) is 58.2 Å². The van der Waals surface area contributed by atoms with Crippen molar-refractivity contribution >= 4 is 34.3 Å². The Morgan fingerprint density at radius 1 is 1.28 bits per heavy atom. The Morgan fingerprint density at radius 2 is 2.03 bits per heavy atom. The van der Waals surface area contributed by atoms with E-state index in [1.54, 1.807) is 12.1 Å². The Bertz CT molecular complexity index is 1620. The molecular formula is C28H26F3N5O3. The second-order valence-corrected chi connectivity index (χ2v) is 10.5. The zero-order valence-electron chi connectivity index (χ0n) is 22.4. The van der Waals surface area contributed by atoms with Gasteiger partial charge >= 0.3 is 0 Å². The van der Waals surface area contributed by atoms with Gasteiger partial charge in [0, 0.05) is 37.2 Å². The number of nitrogens with zero attached hydrogens (tertiary/aromatic N) is 3. The summed E-state index contributed by atoms with van der Waals surface area (Å²) in [5.41, 5.74) is -0.867. The van der Waals surface area contributed by atoms with Crippen molar-refractivity contribution in [3.8, 4) is 6.07 Å². The predicted octanol–water partition coefficient (Wildman–Crippen LogP) is 4.09. The van der Waals surface area contributed by atoms with Gasteiger partial charge in [0.25, 0.3) is 5.91 Å². The number of benzene rings is 2. The van der Waals surface area contributed by atoms with Gasteiger partial charge in [0.1, 0.15) is 23.6 Å². The van der Waals surface area contributed by atoms with Gasteiger partial charge in [-0.1, -0.05) is 32.0 Å². The van der Waals surface area contributed by atoms with Crippen LogP contribution >= 0.6 is 0 Å². The first kappa shape index (κ1) is 25.0. The van der Waals surface area contributed by atoms with Crippen LogP contribution < -0.4 is 5.32 Å². The highest BCUT2D eigenvalue weighted by Gasteiger charge is 2.56. The molecule has 0 aliphatic carbocycles. The van der Waals surface area contributed by atoms with Gasteiger partial charge in [-0.15, -0.1) is 0 Å². The number of carbonyl (C=O) groups excluding carboxylic acids is 3. The van der Waals surface area contributed by atoms with Crippen LogP contribution in [0.3, 0.4) is 0 Å². The lowest BCUT2D eigenvalue weighted by Gasteiger charge is -2.33. The predicted molar refractivity (Wildman–Crippen MR) is 136 cm³/mol. The van der Waals surface area contributed by atoms with Crippen molar-refractivity contribution in [1.82, 2.24) is 14.8 Å². The number of hydrogen-bond acceptors (Lipinski definition) is 4. The molecular weight excluding hydrogens is 511 g/mol. The molecule has 1 spiro atoms. The van der Waals surface area contributed by atoms with Gasteiger partial charge in [0.15, 0.2) is 11.6 Å². The Hall–Kier alpha value is -4.33. The molecule has 0 unspecified atom stereocenters. The summed E-state index contributed by atoms with van der Waals surface area (Å²) in [6, 6.07) is 6.44. The van der Waals surface area contributed by atoms with Gasteiger partial charge in [-0.3, -0.25) is 14.4 Å². The van der Waals surface area contributed by atoms with E-state index in [0.717, 1.165) is 11.0 Å². The SMILES string of the molecule is [2H]c1ccc2c(c1)NC(=O)[C@]21C[C@@H](C#N)N(C(=O)[C@H](CC(C)C)N(C)C(=O)c2cc3c(F)cc(F)c(F)c3[nH]2)C1. The largest absolute Gasteiger partial charge is 0.348 e. The number of rotatable bonds is 5. The molecule has 3 heterocycles. The normalized spacial score (nSPS) is 21.2. The number of halogens is 3. The van der Waals surface area contributed by atoms with E-state index in [2.05, 4.69) is 16.4 Å². The number of anilines is 1. The molecule has 2 aliphatic heterocycles. The number of H-pyrrole nitrogens is 1. The van der Waals surface area contributed by atoms with Crippen LogP contribution in [0, 0.1) is 34.7 Å². The standard InChI is InChI=1S/C28H26F3N5O3/c1-14(2)8-22(35(3)25(37)21-9-16-18(29)10-19(30)23(31)24(16)33-21)26(38)36-13-28(11-15(36)12-32)17-6-4-5-7-20(17)34-27(28)39/h4-7,9-10,14-15,22,33H,8,11,13H2,1-3H3,(H,34,39)/t15-,22-,28-/m0/s1/i5D. The zero-order valence-corrected chi connectivity index (χ0v) is 21.4. The van der Waals surface area contributed by atoms with Crippen LogP contribution in [-0.2, 0) is 15.0 Å². The molecule has 1 saturated heterocycles. The molecule has 0 saturated carbocycles. The monoisotopic (exact) mass is 538 g/mol. The molecule has 3 amide bonds. The number of carbonyl (C=O) groups is 3. The maximum atomic E-state index is 14.3. The summed E-state index contributed by atoms with van der Waals surface area (Å²) < 4.78 is 50.1. The molecule has 3 atom stereocenters. The molecule has 11 heteroatoms. The van der Waals surface area contributed by atoms with Crippen molar-refractivity contribution in [2.75, 3.05) is 18.9 Å². The first-order valence-corrected chi connectivity index (χ1v) is 12.4. The molecule has 1 fully saturated rings. The van der Waals surface area contributed by atoms with E-state index in [9.17, 15) is 32.8 Å². The van der Waals surface area contributed by atoms with Crippen LogP contribution in [0.4, 0.5) is 18.9 Å². The Balaban J connectivity index is 1.48. The summed E-state index contributed by atoms with van der Waals surface area (Å²) >= 11 is 0. The first-order valence-electron chi connectivity index (χ1n) is 12.9. The minimum absolute atomic E-state index is 0.0453. The molecule has 5 rings (SSSR count). The third kappa shape index (κ3) is 4.11. The number of amides is 3. The number of nitriles is 1. The van der Waals surface area contributed by atoms with Crippen LogP contribution in [0.15, 0.2) is 36.4 Å². The lowest BCUT2D eigenvalue weighted by molar-refractivity contribution is -0.136. The third-order valence-corrected chi connectivity index (χ3v) is 7.61. The summed E-state index contributed by atoms with van der Waals surface area (Å²) in [4.78, 5) is 45.5. The summed E-state index contributed by atoms with van der Waals surface area (Å²) in [6.45, 7) is 3.60. The number of hydrogen-bond donors (Lipinski definition) is 2. The van der Waals surface area contributed by atoms with Crippen molar-refractivity contribution < 1.29 is 28.9 Å². The second-order valence-electron chi connectivity index (χ2n) is 10.5. The number of aromatic amines is 1. The Labute approximate surface area is 223 Å². The van der Waals surface area contributed by atoms with Gasteiger partial charge in [-0.05, 0) is 30.0 Å². The number of fused-ring (bicyclic) bond motifs is 3. The number of likely N-dealkylation sites (tertiary alicyclic amines) is 1. The Morgan fingerprint density at radius 3 is 2.72 bits per heavy atom. The molecule has 0 radical (unpaired) electrons. The maximum absolute atomic E-state index is 14.3. The van der Waals surface area contributed by atoms with E-state index >= 15 is 0 Å². The third-order valence-electron chi connectivity index (χ3n) is 7.61. The molecule has 39 heavy (non-hydrogen) atoms. The van der Waals surface area contributed by atoms with Crippen LogP contribution in [0.2, 0.25) is 0 Å². The van der Waals surface area contributed by atoms with Gasteiger partial charge in [-0.2, -0.15) is 5.26 Å². The van der Waals surface area contributed by atoms with Crippen molar-refractivity contribution in [3.05, 3.63) is 65.1 Å². The minimum atomic E-state index is -1.41. The van der Waals surface area contributed by atoms with E-state index in [1.807, 2.05) is 13.8 Å². The van der Waals surface area contributed by atoms with Crippen molar-refractivity contribution in [3.63, 3.8) is 0 Å². The molecule has 2 aromatic carbocycles. The lowest BCUT2D eigenvalue weighted by atomic mass is 9.80. The summed E-state index contributed by atoms with van der Waals surface area (Å²) in [5.74, 6) is -5.54. The van der Waals surface area contributed by atoms with E-state index < -0.39 is 52.3 Å². The molecule has 0 bridgehead atoms. The fourth-order valence-electron chi connectivity index (χ4n) is 5.62. The van der Waals surface area contributed by atoms with E-state index in [1.165, 1.54) is 18.0 Å². The summed E-state index contributed by atoms with van der Waals surface area (Å²) in [6.07, 6.45) is 0.245. The van der Waals surface area contributed by atoms with Gasteiger partial charge in [0.05, 0.1) is 18.4 Å². The van der Waals surface area contributed by atoms with Crippen molar-refractivity contribution in [2.45, 2.75) is 44.2 Å². The van der Waals surface area contributed by atoms with Crippen LogP contribution in [0.25, 0.3) is 10.9 Å². The van der Waals surface area contributed by atoms with Crippen LogP contribution in [0.1, 0.15) is 44.1 Å². The molecule has 1 aromatic heterocycles. The second kappa shape index (κ2) is 9.45. The minimum Gasteiger partial charge on any atom is -0.348 e. The highest BCUT2D eigenvalue weighted by molar-refractivity contribution is 6.07. The average Bonchev–Trinajstić information content (AvgIpc) is 3.59. The zero-order chi connectivity index (χ0) is 29.1.